The van der Waals surface area contributed by atoms with E-state index in [1.807, 2.05) is 25.1 Å². The molecule has 44 heavy (non-hydrogen) atoms. The van der Waals surface area contributed by atoms with Gasteiger partial charge in [-0.25, -0.2) is 9.18 Å². The lowest BCUT2D eigenvalue weighted by Crippen LogP contribution is -2.20. The first-order valence-corrected chi connectivity index (χ1v) is 15.0. The molecule has 1 saturated carbocycles. The van der Waals surface area contributed by atoms with E-state index < -0.39 is 0 Å². The Labute approximate surface area is 260 Å². The van der Waals surface area contributed by atoms with Crippen molar-refractivity contribution in [3.63, 3.8) is 0 Å². The van der Waals surface area contributed by atoms with Crippen LogP contribution in [0.3, 0.4) is 0 Å². The standard InChI is InChI=1S/C39H39FO4/c1-4-39(41)44-26-35-16-13-32(14-17-35)11-8-30-6-9-31(10-7-30)12-15-33-18-21-36(29(3)24-33)22-19-34-20-23-37(38(40)25-34)27-43-28-42-5-2/h4-7,9-10,18,20-21,23-25,32,35H,1-2,8,11,13-14,16-17,26-28H2,3H3. The maximum atomic E-state index is 14.4. The lowest BCUT2D eigenvalue weighted by molar-refractivity contribution is -0.139. The monoisotopic (exact) mass is 590 g/mol. The van der Waals surface area contributed by atoms with Gasteiger partial charge in [-0.05, 0) is 98.0 Å². The van der Waals surface area contributed by atoms with Crippen molar-refractivity contribution < 1.29 is 23.4 Å². The van der Waals surface area contributed by atoms with Crippen molar-refractivity contribution in [2.24, 2.45) is 11.8 Å². The Hall–Kier alpha value is -4.58. The van der Waals surface area contributed by atoms with Crippen LogP contribution < -0.4 is 0 Å². The molecule has 0 aliphatic heterocycles. The highest BCUT2D eigenvalue weighted by atomic mass is 19.1. The molecule has 1 fully saturated rings. The number of hydrogen-bond acceptors (Lipinski definition) is 4. The Balaban J connectivity index is 1.25. The van der Waals surface area contributed by atoms with E-state index >= 15 is 0 Å². The molecule has 0 saturated heterocycles. The zero-order valence-electron chi connectivity index (χ0n) is 25.4. The van der Waals surface area contributed by atoms with Crippen molar-refractivity contribution in [3.8, 4) is 23.7 Å². The van der Waals surface area contributed by atoms with Crippen molar-refractivity contribution in [2.75, 3.05) is 13.4 Å². The summed E-state index contributed by atoms with van der Waals surface area (Å²) in [7, 11) is 0. The summed E-state index contributed by atoms with van der Waals surface area (Å²) in [5, 5.41) is 0. The lowest BCUT2D eigenvalue weighted by Gasteiger charge is -2.28. The lowest BCUT2D eigenvalue weighted by atomic mass is 9.80. The first-order chi connectivity index (χ1) is 21.4. The summed E-state index contributed by atoms with van der Waals surface area (Å²) >= 11 is 0. The number of rotatable bonds is 11. The van der Waals surface area contributed by atoms with Crippen molar-refractivity contribution in [3.05, 3.63) is 131 Å². The maximum Gasteiger partial charge on any atom is 0.330 e. The fourth-order valence-electron chi connectivity index (χ4n) is 5.23. The molecular weight excluding hydrogens is 551 g/mol. The molecular formula is C39H39FO4. The third kappa shape index (κ3) is 10.3. The van der Waals surface area contributed by atoms with Gasteiger partial charge in [0.2, 0.25) is 0 Å². The summed E-state index contributed by atoms with van der Waals surface area (Å²) < 4.78 is 29.8. The predicted molar refractivity (Wildman–Crippen MR) is 172 cm³/mol. The second kappa shape index (κ2) is 16.9. The minimum atomic E-state index is -0.366. The Kier molecular flexibility index (Phi) is 12.4. The Morgan fingerprint density at radius 1 is 0.886 bits per heavy atom. The Morgan fingerprint density at radius 2 is 1.55 bits per heavy atom. The summed E-state index contributed by atoms with van der Waals surface area (Å²) in [6.07, 6.45) is 9.38. The number of aryl methyl sites for hydroxylation is 2. The molecule has 0 radical (unpaired) electrons. The first-order valence-electron chi connectivity index (χ1n) is 15.0. The summed E-state index contributed by atoms with van der Waals surface area (Å²) in [6, 6.07) is 19.3. The number of carbonyl (C=O) groups is 1. The molecule has 1 aliphatic rings. The third-order valence-electron chi connectivity index (χ3n) is 7.89. The molecule has 0 N–H and O–H groups in total. The van der Waals surface area contributed by atoms with Crippen LogP contribution in [0.15, 0.2) is 86.2 Å². The van der Waals surface area contributed by atoms with Crippen molar-refractivity contribution in [2.45, 2.75) is 52.1 Å². The average molecular weight is 591 g/mol. The fraction of sp³-hybridized carbons (Fsp3) is 0.308. The van der Waals surface area contributed by atoms with Crippen LogP contribution in [0.1, 0.15) is 71.0 Å². The zero-order chi connectivity index (χ0) is 31.1. The first kappa shape index (κ1) is 32.3. The van der Waals surface area contributed by atoms with Gasteiger partial charge in [0, 0.05) is 33.9 Å². The van der Waals surface area contributed by atoms with Crippen molar-refractivity contribution >= 4 is 5.97 Å². The fourth-order valence-corrected chi connectivity index (χ4v) is 5.23. The van der Waals surface area contributed by atoms with Crippen LogP contribution in [0.25, 0.3) is 0 Å². The van der Waals surface area contributed by atoms with E-state index in [0.717, 1.165) is 47.4 Å². The van der Waals surface area contributed by atoms with Crippen LogP contribution in [0, 0.1) is 48.3 Å². The van der Waals surface area contributed by atoms with Gasteiger partial charge in [0.1, 0.15) is 5.82 Å². The zero-order valence-corrected chi connectivity index (χ0v) is 25.4. The number of ether oxygens (including phenoxy) is 3. The van der Waals surface area contributed by atoms with Crippen LogP contribution in [0.5, 0.6) is 0 Å². The number of esters is 1. The van der Waals surface area contributed by atoms with E-state index in [4.69, 9.17) is 14.2 Å². The van der Waals surface area contributed by atoms with E-state index in [0.29, 0.717) is 23.7 Å². The average Bonchev–Trinajstić information content (AvgIpc) is 3.05. The summed E-state index contributed by atoms with van der Waals surface area (Å²) in [4.78, 5) is 11.3. The smallest absolute Gasteiger partial charge is 0.330 e. The van der Waals surface area contributed by atoms with Gasteiger partial charge < -0.3 is 14.2 Å². The molecule has 3 aromatic rings. The largest absolute Gasteiger partial charge is 0.476 e. The third-order valence-corrected chi connectivity index (χ3v) is 7.89. The van der Waals surface area contributed by atoms with Gasteiger partial charge in [-0.1, -0.05) is 67.9 Å². The molecule has 3 aromatic carbocycles. The SMILES string of the molecule is C=COCOCc1ccc(C#Cc2ccc(C#Cc3ccc(CCC4CCC(COC(=O)C=C)CC4)cc3)cc2C)cc1F. The molecule has 4 rings (SSSR count). The van der Waals surface area contributed by atoms with Gasteiger partial charge in [-0.3, -0.25) is 0 Å². The second-order valence-electron chi connectivity index (χ2n) is 11.1. The molecule has 0 aromatic heterocycles. The van der Waals surface area contributed by atoms with Gasteiger partial charge in [-0.15, -0.1) is 0 Å². The Bertz CT molecular complexity index is 1560. The van der Waals surface area contributed by atoms with Crippen LogP contribution in [0.4, 0.5) is 4.39 Å². The molecule has 226 valence electrons. The van der Waals surface area contributed by atoms with Crippen LogP contribution in [-0.2, 0) is 32.0 Å². The highest BCUT2D eigenvalue weighted by Gasteiger charge is 2.22. The molecule has 0 atom stereocenters. The summed E-state index contributed by atoms with van der Waals surface area (Å²) in [5.41, 5.74) is 6.15. The summed E-state index contributed by atoms with van der Waals surface area (Å²) in [5.74, 6) is 13.2. The van der Waals surface area contributed by atoms with Gasteiger partial charge in [0.05, 0.1) is 19.5 Å². The van der Waals surface area contributed by atoms with E-state index in [1.165, 1.54) is 43.2 Å². The quantitative estimate of drug-likeness (QED) is 0.0566. The molecule has 0 amide bonds. The molecule has 0 spiro atoms. The minimum absolute atomic E-state index is 0.0270. The van der Waals surface area contributed by atoms with Gasteiger partial charge in [0.25, 0.3) is 0 Å². The van der Waals surface area contributed by atoms with Gasteiger partial charge >= 0.3 is 5.97 Å². The number of hydrogen-bond donors (Lipinski definition) is 0. The van der Waals surface area contributed by atoms with Gasteiger partial charge in [0.15, 0.2) is 6.79 Å². The minimum Gasteiger partial charge on any atom is -0.476 e. The second-order valence-corrected chi connectivity index (χ2v) is 11.1. The number of halogens is 1. The summed E-state index contributed by atoms with van der Waals surface area (Å²) in [6.45, 7) is 9.54. The molecule has 0 bridgehead atoms. The van der Waals surface area contributed by atoms with Crippen molar-refractivity contribution in [1.82, 2.24) is 0 Å². The van der Waals surface area contributed by atoms with E-state index in [9.17, 15) is 9.18 Å². The highest BCUT2D eigenvalue weighted by Crippen LogP contribution is 2.32. The van der Waals surface area contributed by atoms with E-state index in [-0.39, 0.29) is 25.2 Å². The topological polar surface area (TPSA) is 44.8 Å². The number of benzene rings is 3. The molecule has 1 aliphatic carbocycles. The Morgan fingerprint density at radius 3 is 2.25 bits per heavy atom. The van der Waals surface area contributed by atoms with E-state index in [1.54, 1.807) is 12.1 Å². The van der Waals surface area contributed by atoms with Gasteiger partial charge in [-0.2, -0.15) is 0 Å². The molecule has 0 heterocycles. The van der Waals surface area contributed by atoms with Crippen molar-refractivity contribution in [1.29, 1.82) is 0 Å². The van der Waals surface area contributed by atoms with Crippen LogP contribution in [-0.4, -0.2) is 19.4 Å². The normalized spacial score (nSPS) is 15.6. The highest BCUT2D eigenvalue weighted by molar-refractivity contribution is 5.81. The molecule has 4 nitrogen and oxygen atoms in total. The maximum absolute atomic E-state index is 14.4. The molecule has 0 unspecified atom stereocenters. The number of carbonyl (C=O) groups excluding carboxylic acids is 1. The van der Waals surface area contributed by atoms with E-state index in [2.05, 4.69) is 61.1 Å². The van der Waals surface area contributed by atoms with Crippen LogP contribution in [0.2, 0.25) is 0 Å². The molecule has 5 heteroatoms. The predicted octanol–water partition coefficient (Wildman–Crippen LogP) is 8.04. The van der Waals surface area contributed by atoms with Crippen LogP contribution >= 0.6 is 0 Å².